The molecule has 0 aliphatic heterocycles. The van der Waals surface area contributed by atoms with Gasteiger partial charge in [0, 0.05) is 196 Å². The molecule has 29 heteroatoms. The summed E-state index contributed by atoms with van der Waals surface area (Å²) in [5, 5.41) is 5.48. The lowest BCUT2D eigenvalue weighted by molar-refractivity contribution is 0.0544. The third kappa shape index (κ3) is 37.1. The lowest BCUT2D eigenvalue weighted by Crippen LogP contribution is -2.18. The first-order valence-corrected chi connectivity index (χ1v) is 39.1. The third-order valence-corrected chi connectivity index (χ3v) is 17.5. The molecule has 27 nitrogen and oxygen atoms in total. The number of carbonyl (C=O) groups is 5. The van der Waals surface area contributed by atoms with Crippen LogP contribution in [0.1, 0.15) is 145 Å². The Morgan fingerprint density at radius 2 is 0.678 bits per heavy atom. The molecule has 0 N–H and O–H groups in total. The summed E-state index contributed by atoms with van der Waals surface area (Å²) in [6, 6.07) is 32.3. The van der Waals surface area contributed by atoms with Crippen molar-refractivity contribution < 1.29 is 80.8 Å². The van der Waals surface area contributed by atoms with Crippen LogP contribution in [-0.2, 0) is 65.3 Å². The van der Waals surface area contributed by atoms with E-state index in [1.165, 1.54) is 22.7 Å². The predicted octanol–water partition coefficient (Wildman–Crippen LogP) is 13.4. The zero-order valence-corrected chi connectivity index (χ0v) is 70.0. The summed E-state index contributed by atoms with van der Waals surface area (Å²) >= 11 is 2.98. The number of methoxy groups -OCH3 is 5. The van der Waals surface area contributed by atoms with Crippen LogP contribution in [0.2, 0.25) is 0 Å². The van der Waals surface area contributed by atoms with Gasteiger partial charge in [0.25, 0.3) is 0 Å². The molecular formula is C86H106N10O17S2. The highest BCUT2D eigenvalue weighted by Crippen LogP contribution is 2.23. The topological polar surface area (TPSA) is 325 Å². The van der Waals surface area contributed by atoms with Crippen LogP contribution in [0.4, 0.5) is 0 Å². The Morgan fingerprint density at radius 3 is 1.00 bits per heavy atom. The Morgan fingerprint density at radius 1 is 0.339 bits per heavy atom. The fourth-order valence-corrected chi connectivity index (χ4v) is 11.9. The van der Waals surface area contributed by atoms with Crippen LogP contribution in [0.15, 0.2) is 139 Å². The van der Waals surface area contributed by atoms with Crippen LogP contribution in [0.3, 0.4) is 0 Å². The minimum atomic E-state index is -0.0921. The summed E-state index contributed by atoms with van der Waals surface area (Å²) in [6.45, 7) is 24.9. The number of pyridine rings is 8. The zero-order valence-electron chi connectivity index (χ0n) is 68.4. The molecule has 10 aromatic rings. The molecule has 115 heavy (non-hydrogen) atoms. The summed E-state index contributed by atoms with van der Waals surface area (Å²) < 4.78 is 64.0. The molecule has 0 saturated carbocycles. The maximum Gasteiger partial charge on any atom is 0.188 e. The van der Waals surface area contributed by atoms with Crippen LogP contribution in [0.5, 0.6) is 28.7 Å². The van der Waals surface area contributed by atoms with E-state index in [9.17, 15) is 24.0 Å². The summed E-state index contributed by atoms with van der Waals surface area (Å²) in [7, 11) is 8.17. The highest BCUT2D eigenvalue weighted by Gasteiger charge is 2.19. The van der Waals surface area contributed by atoms with E-state index in [4.69, 9.17) is 56.8 Å². The Kier molecular flexibility index (Phi) is 42.3. The number of nitrogens with zero attached hydrogens (tertiary/aromatic N) is 10. The highest BCUT2D eigenvalue weighted by atomic mass is 32.1. The largest absolute Gasteiger partial charge is 0.493 e. The zero-order chi connectivity index (χ0) is 83.3. The van der Waals surface area contributed by atoms with E-state index in [2.05, 4.69) is 49.8 Å². The minimum absolute atomic E-state index is 0.0534. The van der Waals surface area contributed by atoms with Gasteiger partial charge in [-0.15, -0.1) is 22.7 Å². The van der Waals surface area contributed by atoms with E-state index in [-0.39, 0.29) is 73.2 Å². The van der Waals surface area contributed by atoms with Gasteiger partial charge in [-0.1, -0.05) is 18.2 Å². The number of thiazole rings is 2. The van der Waals surface area contributed by atoms with Crippen molar-refractivity contribution in [3.8, 4) is 28.7 Å². The van der Waals surface area contributed by atoms with Gasteiger partial charge in [-0.3, -0.25) is 38.9 Å². The molecule has 0 aliphatic carbocycles. The molecule has 0 saturated heterocycles. The third-order valence-electron chi connectivity index (χ3n) is 15.6. The number of Topliss-reactive ketones (excluding diaryl/α,β-unsaturated/α-hetero) is 5. The van der Waals surface area contributed by atoms with E-state index in [0.717, 1.165) is 78.9 Å². The van der Waals surface area contributed by atoms with Crippen molar-refractivity contribution in [1.29, 1.82) is 0 Å². The van der Waals surface area contributed by atoms with Gasteiger partial charge in [-0.25, -0.2) is 34.9 Å². The average Bonchev–Trinajstić information content (AvgIpc) is 1.66. The number of rotatable bonds is 42. The maximum atomic E-state index is 12.4. The standard InChI is InChI=1S/C18H22N2O4.C18H22N2O3.C17H22N2O4S.C17H20N2O3.C16H20N2O3S/c1-14-11-16(24-10-9-23-8-7-22-2)13-17(20-14)18(21)12-15-5-3-4-6-19-15;1-13-5-6-15(19-12-13)10-18(21)17-11-16(9-14(2)20-17)23-8-4-7-22-3;1-12-8-14(23-7-6-22-5-4-21-3)9-15(18-12)16(20)10-17-19-13(2)11-24-17;1-12-8-15(22-13(2)11-21-3)10-16(19-12)17(20)9-14-6-4-5-7-18-14;1-10-5-13(21-12(3)8-20-4)6-14(17-10)15(19)7-16-18-11(2)9-22-16/h3-6,11,13H,7-10,12H2,1-2H3;5-6,9,11-12H,4,7-8,10H2,1-3H3;8-9,11H,4-7,10H2,1-3H3;4-8,10,13H,9,11H2,1-3H3;5-6,9,12H,7-8H2,1-4H3/t;;;13-;12-/m...00/s1. The van der Waals surface area contributed by atoms with Gasteiger partial charge in [0.1, 0.15) is 92.7 Å². The molecule has 0 radical (unpaired) electrons. The Bertz CT molecular complexity index is 4590. The van der Waals surface area contributed by atoms with E-state index in [1.807, 2.05) is 147 Å². The van der Waals surface area contributed by atoms with Crippen LogP contribution in [0, 0.1) is 55.4 Å². The molecule has 614 valence electrons. The van der Waals surface area contributed by atoms with Crippen molar-refractivity contribution in [1.82, 2.24) is 49.8 Å². The normalized spacial score (nSPS) is 11.2. The Labute approximate surface area is 681 Å². The van der Waals surface area contributed by atoms with Gasteiger partial charge >= 0.3 is 0 Å². The smallest absolute Gasteiger partial charge is 0.188 e. The van der Waals surface area contributed by atoms with Crippen LogP contribution < -0.4 is 23.7 Å². The monoisotopic (exact) mass is 1610 g/mol. The number of carbonyl (C=O) groups excluding carboxylic acids is 5. The molecule has 0 unspecified atom stereocenters. The van der Waals surface area contributed by atoms with Crippen molar-refractivity contribution in [3.63, 3.8) is 0 Å². The summed E-state index contributed by atoms with van der Waals surface area (Å²) in [4.78, 5) is 105. The van der Waals surface area contributed by atoms with Crippen molar-refractivity contribution in [3.05, 3.63) is 240 Å². The van der Waals surface area contributed by atoms with Gasteiger partial charge in [-0.05, 0) is 105 Å². The molecule has 0 spiro atoms. The van der Waals surface area contributed by atoms with Crippen molar-refractivity contribution >= 4 is 51.6 Å². The van der Waals surface area contributed by atoms with E-state index >= 15 is 0 Å². The molecule has 2 atom stereocenters. The van der Waals surface area contributed by atoms with Crippen LogP contribution in [-0.4, -0.2) is 206 Å². The molecular weight excluding hydrogens is 1510 g/mol. The Balaban J connectivity index is 0.000000224. The first-order valence-electron chi connectivity index (χ1n) is 37.4. The average molecular weight is 1620 g/mol. The predicted molar refractivity (Wildman–Crippen MR) is 438 cm³/mol. The van der Waals surface area contributed by atoms with Gasteiger partial charge in [0.2, 0.25) is 0 Å². The van der Waals surface area contributed by atoms with Crippen LogP contribution in [0.25, 0.3) is 0 Å². The Hall–Kier alpha value is -10.5. The van der Waals surface area contributed by atoms with Gasteiger partial charge < -0.3 is 56.8 Å². The summed E-state index contributed by atoms with van der Waals surface area (Å²) in [6.07, 6.45) is 6.93. The number of hydrogen-bond donors (Lipinski definition) is 0. The molecule has 10 heterocycles. The van der Waals surface area contributed by atoms with E-state index < -0.39 is 0 Å². The fraction of sp³-hybridized carbons (Fsp3) is 0.407. The molecule has 0 aliphatic rings. The number of ether oxygens (including phenoxy) is 12. The molecule has 0 fully saturated rings. The van der Waals surface area contributed by atoms with E-state index in [1.54, 1.807) is 96.6 Å². The first-order chi connectivity index (χ1) is 55.4. The summed E-state index contributed by atoms with van der Waals surface area (Å²) in [5.74, 6) is 2.82. The highest BCUT2D eigenvalue weighted by molar-refractivity contribution is 7.10. The van der Waals surface area contributed by atoms with Gasteiger partial charge in [0.05, 0.1) is 91.6 Å². The van der Waals surface area contributed by atoms with E-state index in [0.29, 0.717) is 136 Å². The van der Waals surface area contributed by atoms with Crippen molar-refractivity contribution in [2.75, 3.05) is 115 Å². The number of aromatic nitrogens is 10. The SMILES string of the molecule is COCCCOc1cc(C)nc(C(=O)Cc2ccc(C)cn2)c1.COCCOCCOc1cc(C)nc(C(=O)Cc2ccccn2)c1.COCCOCCOc1cc(C)nc(C(=O)Cc2nc(C)cs2)c1.COC[C@H](C)Oc1cc(C)nc(C(=O)Cc2ccccn2)c1.COC[C@H](C)Oc1cc(C)nc(C(=O)Cc2nc(C)cs2)c1. The quantitative estimate of drug-likeness (QED) is 0.0253. The second-order valence-electron chi connectivity index (χ2n) is 26.3. The lowest BCUT2D eigenvalue weighted by atomic mass is 10.1. The fourth-order valence-electron chi connectivity index (χ4n) is 10.4. The molecule has 0 bridgehead atoms. The molecule has 10 aromatic heterocycles. The first kappa shape index (κ1) is 93.4. The molecule has 0 amide bonds. The van der Waals surface area contributed by atoms with Gasteiger partial charge in [0.15, 0.2) is 28.9 Å². The number of aryl methyl sites for hydroxylation is 8. The minimum Gasteiger partial charge on any atom is -0.493 e. The van der Waals surface area contributed by atoms with Crippen LogP contribution >= 0.6 is 22.7 Å². The second kappa shape index (κ2) is 52.1. The summed E-state index contributed by atoms with van der Waals surface area (Å²) in [5.41, 5.74) is 10.9. The second-order valence-corrected chi connectivity index (χ2v) is 28.1. The maximum absolute atomic E-state index is 12.4. The number of ketones is 5. The van der Waals surface area contributed by atoms with Crippen molar-refractivity contribution in [2.24, 2.45) is 0 Å². The lowest BCUT2D eigenvalue weighted by Gasteiger charge is -2.14. The molecule has 10 rings (SSSR count). The van der Waals surface area contributed by atoms with Crippen molar-refractivity contribution in [2.45, 2.75) is 120 Å². The molecule has 0 aromatic carbocycles. The van der Waals surface area contributed by atoms with Gasteiger partial charge in [-0.2, -0.15) is 0 Å². The number of hydrogen-bond acceptors (Lipinski definition) is 29.